The van der Waals surface area contributed by atoms with Gasteiger partial charge in [0.25, 0.3) is 0 Å². The van der Waals surface area contributed by atoms with Crippen molar-refractivity contribution >= 4 is 0 Å². The molecular formula is C14H11N2. The third kappa shape index (κ3) is 2.26. The van der Waals surface area contributed by atoms with Crippen LogP contribution in [0.2, 0.25) is 0 Å². The summed E-state index contributed by atoms with van der Waals surface area (Å²) in [5, 5.41) is 8.15. The number of nitrogens with zero attached hydrogens (tertiary/aromatic N) is 2. The molecule has 0 bridgehead atoms. The van der Waals surface area contributed by atoms with Gasteiger partial charge in [-0.2, -0.15) is 10.2 Å². The van der Waals surface area contributed by atoms with Crippen molar-refractivity contribution in [1.29, 1.82) is 0 Å². The fourth-order valence-electron chi connectivity index (χ4n) is 1.38. The van der Waals surface area contributed by atoms with E-state index in [0.29, 0.717) is 0 Å². The van der Waals surface area contributed by atoms with Gasteiger partial charge < -0.3 is 0 Å². The first kappa shape index (κ1) is 10.4. The van der Waals surface area contributed by atoms with Crippen LogP contribution in [0.3, 0.4) is 0 Å². The van der Waals surface area contributed by atoms with Gasteiger partial charge in [0.15, 0.2) is 0 Å². The normalized spacial score (nSPS) is 9.38. The van der Waals surface area contributed by atoms with Crippen LogP contribution in [0.25, 0.3) is 11.3 Å². The second kappa shape index (κ2) is 4.59. The van der Waals surface area contributed by atoms with Gasteiger partial charge >= 0.3 is 0 Å². The van der Waals surface area contributed by atoms with E-state index in [1.54, 1.807) is 0 Å². The summed E-state index contributed by atoms with van der Waals surface area (Å²) in [6.07, 6.45) is 0. The maximum Gasteiger partial charge on any atom is 0.0929 e. The van der Waals surface area contributed by atoms with Crippen molar-refractivity contribution in [2.75, 3.05) is 0 Å². The molecule has 2 aromatic rings. The monoisotopic (exact) mass is 207 g/mol. The molecule has 0 saturated heterocycles. The number of aromatic nitrogens is 2. The van der Waals surface area contributed by atoms with Crippen molar-refractivity contribution in [3.63, 3.8) is 0 Å². The van der Waals surface area contributed by atoms with Crippen LogP contribution < -0.4 is 0 Å². The minimum atomic E-state index is 0.875. The lowest BCUT2D eigenvalue weighted by molar-refractivity contribution is 0.987. The van der Waals surface area contributed by atoms with E-state index < -0.39 is 0 Å². The Morgan fingerprint density at radius 1 is 1.00 bits per heavy atom. The third-order valence-electron chi connectivity index (χ3n) is 2.21. The lowest BCUT2D eigenvalue weighted by Crippen LogP contribution is -1.89. The standard InChI is InChI=1S/C14H11N2/c1-3-4-12-6-8-13(9-7-12)14-10-5-11(2)15-16-14/h5-10H,1H2,2H3. The molecule has 0 fully saturated rings. The average Bonchev–Trinajstić information content (AvgIpc) is 2.32. The Balaban J connectivity index is 2.33. The van der Waals surface area contributed by atoms with E-state index in [0.717, 1.165) is 22.5 Å². The van der Waals surface area contributed by atoms with Gasteiger partial charge in [-0.25, -0.2) is 0 Å². The van der Waals surface area contributed by atoms with Crippen LogP contribution in [0, 0.1) is 25.7 Å². The third-order valence-corrected chi connectivity index (χ3v) is 2.21. The van der Waals surface area contributed by atoms with Crippen LogP contribution in [-0.4, -0.2) is 10.2 Å². The Bertz CT molecular complexity index is 528. The van der Waals surface area contributed by atoms with E-state index in [1.807, 2.05) is 43.3 Å². The second-order valence-electron chi connectivity index (χ2n) is 3.44. The lowest BCUT2D eigenvalue weighted by Gasteiger charge is -2.00. The first-order valence-corrected chi connectivity index (χ1v) is 4.98. The molecule has 16 heavy (non-hydrogen) atoms. The highest BCUT2D eigenvalue weighted by Gasteiger charge is 1.98. The van der Waals surface area contributed by atoms with E-state index >= 15 is 0 Å². The minimum absolute atomic E-state index is 0.875. The molecule has 0 saturated carbocycles. The fraction of sp³-hybridized carbons (Fsp3) is 0.0714. The Kier molecular flexibility index (Phi) is 2.98. The minimum Gasteiger partial charge on any atom is -0.155 e. The summed E-state index contributed by atoms with van der Waals surface area (Å²) in [7, 11) is 0. The number of aryl methyl sites for hydroxylation is 1. The van der Waals surface area contributed by atoms with Crippen molar-refractivity contribution < 1.29 is 0 Å². The first-order valence-electron chi connectivity index (χ1n) is 4.98. The maximum absolute atomic E-state index is 4.13. The Labute approximate surface area is 95.4 Å². The van der Waals surface area contributed by atoms with E-state index in [1.165, 1.54) is 0 Å². The smallest absolute Gasteiger partial charge is 0.0929 e. The Hall–Kier alpha value is -2.14. The second-order valence-corrected chi connectivity index (χ2v) is 3.44. The van der Waals surface area contributed by atoms with Crippen molar-refractivity contribution in [2.45, 2.75) is 6.92 Å². The molecule has 0 aliphatic carbocycles. The van der Waals surface area contributed by atoms with Crippen LogP contribution >= 0.6 is 0 Å². The van der Waals surface area contributed by atoms with Gasteiger partial charge in [0, 0.05) is 18.1 Å². The molecule has 1 aromatic carbocycles. The van der Waals surface area contributed by atoms with Crippen LogP contribution in [0.4, 0.5) is 0 Å². The average molecular weight is 207 g/mol. The van der Waals surface area contributed by atoms with Gasteiger partial charge in [0.2, 0.25) is 0 Å². The molecule has 2 nitrogen and oxygen atoms in total. The molecular weight excluding hydrogens is 196 g/mol. The van der Waals surface area contributed by atoms with Gasteiger partial charge in [-0.1, -0.05) is 24.0 Å². The van der Waals surface area contributed by atoms with Crippen molar-refractivity contribution in [3.8, 4) is 23.1 Å². The summed E-state index contributed by atoms with van der Waals surface area (Å²) in [6, 6.07) is 11.8. The lowest BCUT2D eigenvalue weighted by atomic mass is 10.1. The van der Waals surface area contributed by atoms with E-state index in [4.69, 9.17) is 0 Å². The molecule has 0 unspecified atom stereocenters. The summed E-state index contributed by atoms with van der Waals surface area (Å²) >= 11 is 0. The van der Waals surface area contributed by atoms with E-state index in [-0.39, 0.29) is 0 Å². The first-order chi connectivity index (χ1) is 7.79. The van der Waals surface area contributed by atoms with Crippen molar-refractivity contribution in [2.24, 2.45) is 0 Å². The summed E-state index contributed by atoms with van der Waals surface area (Å²) < 4.78 is 0. The summed E-state index contributed by atoms with van der Waals surface area (Å²) in [5.74, 6) is 5.52. The Morgan fingerprint density at radius 2 is 1.75 bits per heavy atom. The van der Waals surface area contributed by atoms with Crippen LogP contribution in [0.5, 0.6) is 0 Å². The zero-order valence-electron chi connectivity index (χ0n) is 9.07. The van der Waals surface area contributed by atoms with Gasteiger partial charge in [-0.15, -0.1) is 0 Å². The highest BCUT2D eigenvalue weighted by atomic mass is 15.1. The predicted octanol–water partition coefficient (Wildman–Crippen LogP) is 2.64. The summed E-state index contributed by atoms with van der Waals surface area (Å²) in [4.78, 5) is 0. The van der Waals surface area contributed by atoms with Gasteiger partial charge in [0.1, 0.15) is 0 Å². The van der Waals surface area contributed by atoms with Gasteiger partial charge in [-0.05, 0) is 31.2 Å². The molecule has 77 valence electrons. The summed E-state index contributed by atoms with van der Waals surface area (Å²) in [5.41, 5.74) is 3.80. The molecule has 1 aromatic heterocycles. The van der Waals surface area contributed by atoms with E-state index in [9.17, 15) is 0 Å². The van der Waals surface area contributed by atoms with Gasteiger partial charge in [-0.3, -0.25) is 0 Å². The number of benzene rings is 1. The molecule has 0 amide bonds. The van der Waals surface area contributed by atoms with E-state index in [2.05, 4.69) is 29.0 Å². The highest BCUT2D eigenvalue weighted by molar-refractivity contribution is 5.59. The molecule has 0 spiro atoms. The number of hydrogen-bond donors (Lipinski definition) is 0. The van der Waals surface area contributed by atoms with Crippen LogP contribution in [0.1, 0.15) is 11.3 Å². The van der Waals surface area contributed by atoms with Crippen LogP contribution in [-0.2, 0) is 0 Å². The topological polar surface area (TPSA) is 25.8 Å². The SMILES string of the molecule is [CH2]C#Cc1ccc(-c2ccc(C)nn2)cc1. The molecule has 0 aliphatic heterocycles. The highest BCUT2D eigenvalue weighted by Crippen LogP contribution is 2.16. The number of hydrogen-bond acceptors (Lipinski definition) is 2. The van der Waals surface area contributed by atoms with Crippen LogP contribution in [0.15, 0.2) is 36.4 Å². The molecule has 0 N–H and O–H groups in total. The molecule has 1 heterocycles. The number of rotatable bonds is 1. The molecule has 2 heteroatoms. The summed E-state index contributed by atoms with van der Waals surface area (Å²) in [6.45, 7) is 5.41. The molecule has 1 radical (unpaired) electrons. The zero-order chi connectivity index (χ0) is 11.4. The largest absolute Gasteiger partial charge is 0.155 e. The quantitative estimate of drug-likeness (QED) is 0.672. The molecule has 0 atom stereocenters. The predicted molar refractivity (Wildman–Crippen MR) is 64.4 cm³/mol. The van der Waals surface area contributed by atoms with Crippen molar-refractivity contribution in [1.82, 2.24) is 10.2 Å². The fourth-order valence-corrected chi connectivity index (χ4v) is 1.38. The van der Waals surface area contributed by atoms with Gasteiger partial charge in [0.05, 0.1) is 11.4 Å². The maximum atomic E-state index is 4.13. The Morgan fingerprint density at radius 3 is 2.31 bits per heavy atom. The molecule has 2 rings (SSSR count). The molecule has 0 aliphatic rings. The zero-order valence-corrected chi connectivity index (χ0v) is 9.07. The van der Waals surface area contributed by atoms with Crippen molar-refractivity contribution in [3.05, 3.63) is 54.6 Å².